The lowest BCUT2D eigenvalue weighted by Crippen LogP contribution is -2.26. The van der Waals surface area contributed by atoms with Crippen LogP contribution in [0.25, 0.3) is 11.0 Å². The maximum atomic E-state index is 12.7. The first kappa shape index (κ1) is 16.1. The van der Waals surface area contributed by atoms with Crippen LogP contribution in [0.1, 0.15) is 31.5 Å². The van der Waals surface area contributed by atoms with Gasteiger partial charge in [0.1, 0.15) is 11.8 Å². The fraction of sp³-hybridized carbons (Fsp3) is 0.211. The first-order chi connectivity index (χ1) is 12.6. The summed E-state index contributed by atoms with van der Waals surface area (Å²) in [5, 5.41) is 17.6. The molecule has 2 aromatic heterocycles. The minimum atomic E-state index is -0.496. The minimum Gasteiger partial charge on any atom is -0.505 e. The van der Waals surface area contributed by atoms with Crippen molar-refractivity contribution in [1.82, 2.24) is 20.2 Å². The zero-order chi connectivity index (χ0) is 18.3. The van der Waals surface area contributed by atoms with Crippen molar-refractivity contribution < 1.29 is 9.90 Å². The second kappa shape index (κ2) is 6.18. The maximum absolute atomic E-state index is 12.7. The van der Waals surface area contributed by atoms with Crippen molar-refractivity contribution in [3.05, 3.63) is 66.1 Å². The van der Waals surface area contributed by atoms with Gasteiger partial charge in [-0.1, -0.05) is 13.5 Å². The lowest BCUT2D eigenvalue weighted by atomic mass is 9.97. The largest absolute Gasteiger partial charge is 0.505 e. The molecule has 0 saturated carbocycles. The molecule has 3 aromatic rings. The van der Waals surface area contributed by atoms with E-state index >= 15 is 0 Å². The van der Waals surface area contributed by atoms with Gasteiger partial charge in [-0.15, -0.1) is 0 Å². The van der Waals surface area contributed by atoms with Crippen LogP contribution in [0.4, 0.5) is 5.69 Å². The predicted octanol–water partition coefficient (Wildman–Crippen LogP) is 3.54. The molecule has 7 heteroatoms. The van der Waals surface area contributed by atoms with E-state index < -0.39 is 6.04 Å². The molecule has 1 aromatic carbocycles. The summed E-state index contributed by atoms with van der Waals surface area (Å²) in [4.78, 5) is 21.9. The van der Waals surface area contributed by atoms with Gasteiger partial charge in [-0.3, -0.25) is 9.89 Å². The number of rotatable bonds is 5. The third kappa shape index (κ3) is 2.40. The molecule has 0 bridgehead atoms. The number of aromatic nitrogens is 4. The van der Waals surface area contributed by atoms with Crippen molar-refractivity contribution in [2.24, 2.45) is 0 Å². The van der Waals surface area contributed by atoms with Gasteiger partial charge < -0.3 is 15.0 Å². The van der Waals surface area contributed by atoms with Crippen LogP contribution in [0, 0.1) is 0 Å². The molecule has 0 amide bonds. The number of carbonyl (C=O) groups excluding carboxylic acids is 1. The average molecular weight is 349 g/mol. The van der Waals surface area contributed by atoms with Gasteiger partial charge in [-0.05, 0) is 30.7 Å². The highest BCUT2D eigenvalue weighted by Gasteiger charge is 2.41. The Kier molecular flexibility index (Phi) is 3.84. The second-order valence-corrected chi connectivity index (χ2v) is 6.27. The van der Waals surface area contributed by atoms with Crippen LogP contribution in [0.15, 0.2) is 60.4 Å². The number of ketones is 1. The summed E-state index contributed by atoms with van der Waals surface area (Å²) in [6.07, 6.45) is 4.33. The molecule has 0 fully saturated rings. The van der Waals surface area contributed by atoms with E-state index in [-0.39, 0.29) is 11.5 Å². The molecule has 1 unspecified atom stereocenters. The zero-order valence-electron chi connectivity index (χ0n) is 14.4. The van der Waals surface area contributed by atoms with E-state index in [0.717, 1.165) is 22.4 Å². The minimum absolute atomic E-state index is 0.0623. The quantitative estimate of drug-likeness (QED) is 0.654. The molecule has 7 nitrogen and oxygen atoms in total. The van der Waals surface area contributed by atoms with Gasteiger partial charge in [0, 0.05) is 18.3 Å². The number of hydrogen-bond acceptors (Lipinski definition) is 5. The number of benzene rings is 1. The molecule has 1 aliphatic heterocycles. The molecule has 0 saturated heterocycles. The summed E-state index contributed by atoms with van der Waals surface area (Å²) in [6, 6.07) is 7.03. The van der Waals surface area contributed by atoms with E-state index in [1.54, 1.807) is 18.6 Å². The number of nitrogens with one attached hydrogen (secondary N) is 2. The van der Waals surface area contributed by atoms with Gasteiger partial charge in [-0.25, -0.2) is 4.98 Å². The lowest BCUT2D eigenvalue weighted by Gasteiger charge is -2.28. The summed E-state index contributed by atoms with van der Waals surface area (Å²) in [5.74, 6) is -0.149. The van der Waals surface area contributed by atoms with Gasteiger partial charge in [0.25, 0.3) is 0 Å². The number of carbonyl (C=O) groups is 1. The number of nitrogens with zero attached hydrogens (tertiary/aromatic N) is 3. The standard InChI is InChI=1S/C19H19N5O2/c1-3-4-16(25)17-18(14-7-8-22-23-14)24(11(2)19(17)26)12-5-6-13-15(9-12)21-10-20-13/h5-10,18,26H,2-4H2,1H3,(H,20,21)(H,22,23). The van der Waals surface area contributed by atoms with Crippen molar-refractivity contribution in [1.29, 1.82) is 0 Å². The van der Waals surface area contributed by atoms with Crippen LogP contribution < -0.4 is 4.90 Å². The summed E-state index contributed by atoms with van der Waals surface area (Å²) < 4.78 is 0. The van der Waals surface area contributed by atoms with E-state index in [1.807, 2.05) is 30.0 Å². The predicted molar refractivity (Wildman–Crippen MR) is 98.6 cm³/mol. The molecule has 132 valence electrons. The van der Waals surface area contributed by atoms with Crippen molar-refractivity contribution in [2.45, 2.75) is 25.8 Å². The smallest absolute Gasteiger partial charge is 0.165 e. The van der Waals surface area contributed by atoms with E-state index in [2.05, 4.69) is 26.7 Å². The lowest BCUT2D eigenvalue weighted by molar-refractivity contribution is -0.116. The van der Waals surface area contributed by atoms with Crippen LogP contribution in [0.3, 0.4) is 0 Å². The van der Waals surface area contributed by atoms with E-state index in [9.17, 15) is 9.90 Å². The Morgan fingerprint density at radius 3 is 2.96 bits per heavy atom. The summed E-state index contributed by atoms with van der Waals surface area (Å²) in [6.45, 7) is 5.96. The normalized spacial score (nSPS) is 17.5. The number of imidazole rings is 1. The fourth-order valence-corrected chi connectivity index (χ4v) is 3.42. The molecule has 26 heavy (non-hydrogen) atoms. The Morgan fingerprint density at radius 2 is 2.23 bits per heavy atom. The molecule has 1 atom stereocenters. The molecule has 0 aliphatic carbocycles. The number of anilines is 1. The number of aliphatic hydroxyl groups is 1. The Morgan fingerprint density at radius 1 is 1.38 bits per heavy atom. The number of aliphatic hydroxyl groups excluding tert-OH is 1. The molecular weight excluding hydrogens is 330 g/mol. The van der Waals surface area contributed by atoms with Crippen LogP contribution >= 0.6 is 0 Å². The highest BCUT2D eigenvalue weighted by molar-refractivity contribution is 6.00. The molecule has 1 aliphatic rings. The van der Waals surface area contributed by atoms with E-state index in [0.29, 0.717) is 24.1 Å². The van der Waals surface area contributed by atoms with Crippen molar-refractivity contribution in [3.8, 4) is 0 Å². The molecule has 0 radical (unpaired) electrons. The zero-order valence-corrected chi connectivity index (χ0v) is 14.4. The van der Waals surface area contributed by atoms with Gasteiger partial charge in [0.15, 0.2) is 5.78 Å². The summed E-state index contributed by atoms with van der Waals surface area (Å²) in [7, 11) is 0. The number of aromatic amines is 2. The van der Waals surface area contributed by atoms with Crippen molar-refractivity contribution in [2.75, 3.05) is 4.90 Å². The summed E-state index contributed by atoms with van der Waals surface area (Å²) >= 11 is 0. The second-order valence-electron chi connectivity index (χ2n) is 6.27. The SMILES string of the molecule is C=C1C(O)=C(C(=O)CCC)C(c2ccn[nH]2)N1c1ccc2nc[nH]c2c1. The third-order valence-corrected chi connectivity index (χ3v) is 4.63. The Labute approximate surface area is 150 Å². The monoisotopic (exact) mass is 349 g/mol. The highest BCUT2D eigenvalue weighted by Crippen LogP contribution is 2.45. The van der Waals surface area contributed by atoms with Crippen LogP contribution in [-0.4, -0.2) is 31.1 Å². The first-order valence-corrected chi connectivity index (χ1v) is 8.49. The van der Waals surface area contributed by atoms with Crippen molar-refractivity contribution in [3.63, 3.8) is 0 Å². The fourth-order valence-electron chi connectivity index (χ4n) is 3.42. The van der Waals surface area contributed by atoms with E-state index in [4.69, 9.17) is 0 Å². The molecule has 4 rings (SSSR count). The van der Waals surface area contributed by atoms with Crippen LogP contribution in [0.5, 0.6) is 0 Å². The van der Waals surface area contributed by atoms with E-state index in [1.165, 1.54) is 0 Å². The molecular formula is C19H19N5O2. The number of H-pyrrole nitrogens is 2. The van der Waals surface area contributed by atoms with Crippen LogP contribution in [0.2, 0.25) is 0 Å². The first-order valence-electron chi connectivity index (χ1n) is 8.49. The Hall–Kier alpha value is -3.35. The molecule has 3 heterocycles. The van der Waals surface area contributed by atoms with Gasteiger partial charge in [-0.2, -0.15) is 5.10 Å². The third-order valence-electron chi connectivity index (χ3n) is 4.63. The number of fused-ring (bicyclic) bond motifs is 1. The van der Waals surface area contributed by atoms with Crippen LogP contribution in [-0.2, 0) is 4.79 Å². The van der Waals surface area contributed by atoms with Crippen molar-refractivity contribution >= 4 is 22.5 Å². The number of hydrogen-bond donors (Lipinski definition) is 3. The highest BCUT2D eigenvalue weighted by atomic mass is 16.3. The average Bonchev–Trinajstić information content (AvgIpc) is 3.35. The topological polar surface area (TPSA) is 97.9 Å². The van der Waals surface area contributed by atoms with Gasteiger partial charge in [0.2, 0.25) is 0 Å². The number of Topliss-reactive ketones (excluding diaryl/α,β-unsaturated/α-hetero) is 1. The maximum Gasteiger partial charge on any atom is 0.165 e. The van der Waals surface area contributed by atoms with Gasteiger partial charge in [0.05, 0.1) is 34.3 Å². The molecule has 3 N–H and O–H groups in total. The Bertz CT molecular complexity index is 1020. The molecule has 0 spiro atoms. The Balaban J connectivity index is 1.85. The summed E-state index contributed by atoms with van der Waals surface area (Å²) in [5.41, 5.74) is 3.98. The van der Waals surface area contributed by atoms with Gasteiger partial charge >= 0.3 is 0 Å².